The lowest BCUT2D eigenvalue weighted by atomic mass is 9.86. The lowest BCUT2D eigenvalue weighted by molar-refractivity contribution is -0.135. The number of rotatable bonds is 6. The Morgan fingerprint density at radius 3 is 2.88 bits per heavy atom. The molecular weight excluding hydrogens is 435 g/mol. The van der Waals surface area contributed by atoms with Gasteiger partial charge in [-0.3, -0.25) is 14.4 Å². The number of H-pyrrole nitrogens is 1. The summed E-state index contributed by atoms with van der Waals surface area (Å²) < 4.78 is 13.8. The molecule has 3 amide bonds. The summed E-state index contributed by atoms with van der Waals surface area (Å²) in [4.78, 5) is 41.5. The van der Waals surface area contributed by atoms with Crippen molar-refractivity contribution in [1.82, 2.24) is 15.2 Å². The van der Waals surface area contributed by atoms with Crippen LogP contribution in [0, 0.1) is 18.7 Å². The lowest BCUT2D eigenvalue weighted by Crippen LogP contribution is -2.46. The Morgan fingerprint density at radius 1 is 1.38 bits per heavy atom. The van der Waals surface area contributed by atoms with Gasteiger partial charge < -0.3 is 20.5 Å². The van der Waals surface area contributed by atoms with Crippen LogP contribution in [0.2, 0.25) is 0 Å². The van der Waals surface area contributed by atoms with E-state index in [0.29, 0.717) is 23.4 Å². The van der Waals surface area contributed by atoms with Crippen molar-refractivity contribution in [3.8, 4) is 0 Å². The van der Waals surface area contributed by atoms with Gasteiger partial charge in [0.05, 0.1) is 5.57 Å². The number of hydrogen-bond donors (Lipinski definition) is 3. The zero-order valence-electron chi connectivity index (χ0n) is 19.6. The van der Waals surface area contributed by atoms with Crippen LogP contribution < -0.4 is 10.6 Å². The highest BCUT2D eigenvalue weighted by atomic mass is 19.1. The number of aromatic nitrogens is 1. The highest BCUT2D eigenvalue weighted by Crippen LogP contribution is 2.36. The number of fused-ring (bicyclic) bond motifs is 2. The first-order valence-corrected chi connectivity index (χ1v) is 11.4. The second-order valence-electron chi connectivity index (χ2n) is 9.01. The van der Waals surface area contributed by atoms with E-state index in [1.165, 1.54) is 28.7 Å². The van der Waals surface area contributed by atoms with Gasteiger partial charge >= 0.3 is 0 Å². The number of nitrogens with zero attached hydrogens (tertiary/aromatic N) is 1. The third kappa shape index (κ3) is 4.40. The van der Waals surface area contributed by atoms with Gasteiger partial charge in [0.1, 0.15) is 11.9 Å². The van der Waals surface area contributed by atoms with Crippen LogP contribution in [-0.2, 0) is 27.2 Å². The third-order valence-corrected chi connectivity index (χ3v) is 6.90. The van der Waals surface area contributed by atoms with E-state index in [-0.39, 0.29) is 29.5 Å². The van der Waals surface area contributed by atoms with E-state index in [4.69, 9.17) is 0 Å². The van der Waals surface area contributed by atoms with E-state index in [1.54, 1.807) is 26.1 Å². The monoisotopic (exact) mass is 464 g/mol. The predicted molar refractivity (Wildman–Crippen MR) is 129 cm³/mol. The van der Waals surface area contributed by atoms with Crippen molar-refractivity contribution in [2.45, 2.75) is 39.2 Å². The Bertz CT molecular complexity index is 1210. The van der Waals surface area contributed by atoms with Gasteiger partial charge in [0, 0.05) is 36.2 Å². The molecule has 1 aromatic heterocycles. The fourth-order valence-corrected chi connectivity index (χ4v) is 4.64. The lowest BCUT2D eigenvalue weighted by Gasteiger charge is -2.26. The average molecular weight is 465 g/mol. The van der Waals surface area contributed by atoms with Crippen molar-refractivity contribution in [2.75, 3.05) is 18.9 Å². The van der Waals surface area contributed by atoms with Crippen LogP contribution in [0.25, 0.3) is 11.6 Å². The van der Waals surface area contributed by atoms with E-state index in [9.17, 15) is 18.8 Å². The van der Waals surface area contributed by atoms with Crippen molar-refractivity contribution >= 4 is 35.1 Å². The summed E-state index contributed by atoms with van der Waals surface area (Å²) in [7, 11) is 1.58. The van der Waals surface area contributed by atoms with Gasteiger partial charge in [-0.25, -0.2) is 4.39 Å². The van der Waals surface area contributed by atoms with Crippen LogP contribution in [0.5, 0.6) is 0 Å². The van der Waals surface area contributed by atoms with Crippen molar-refractivity contribution in [1.29, 1.82) is 0 Å². The minimum atomic E-state index is -0.583. The first-order valence-electron chi connectivity index (χ1n) is 11.4. The van der Waals surface area contributed by atoms with E-state index in [1.807, 2.05) is 6.92 Å². The molecule has 0 saturated carbocycles. The number of anilines is 1. The number of carbonyl (C=O) groups excluding carboxylic acids is 3. The second kappa shape index (κ2) is 9.29. The van der Waals surface area contributed by atoms with Crippen LogP contribution in [-0.4, -0.2) is 47.2 Å². The molecule has 178 valence electrons. The van der Waals surface area contributed by atoms with Crippen LogP contribution in [0.15, 0.2) is 30.9 Å². The fourth-order valence-electron chi connectivity index (χ4n) is 4.64. The van der Waals surface area contributed by atoms with E-state index < -0.39 is 6.04 Å². The maximum Gasteiger partial charge on any atom is 0.256 e. The Hall–Kier alpha value is -3.68. The molecule has 0 saturated heterocycles. The summed E-state index contributed by atoms with van der Waals surface area (Å²) >= 11 is 0. The number of amides is 3. The highest BCUT2D eigenvalue weighted by Gasteiger charge is 2.28. The van der Waals surface area contributed by atoms with Crippen molar-refractivity contribution in [2.24, 2.45) is 5.92 Å². The molecule has 4 rings (SSSR count). The molecule has 2 heterocycles. The molecule has 2 aliphatic rings. The van der Waals surface area contributed by atoms with Crippen LogP contribution >= 0.6 is 0 Å². The molecule has 0 spiro atoms. The van der Waals surface area contributed by atoms with Crippen molar-refractivity contribution in [3.05, 3.63) is 64.7 Å². The van der Waals surface area contributed by atoms with Crippen LogP contribution in [0.4, 0.5) is 10.1 Å². The minimum absolute atomic E-state index is 0.199. The van der Waals surface area contributed by atoms with Gasteiger partial charge in [-0.2, -0.15) is 0 Å². The Labute approximate surface area is 198 Å². The Morgan fingerprint density at radius 2 is 2.15 bits per heavy atom. The largest absolute Gasteiger partial charge is 0.358 e. The Kier molecular flexibility index (Phi) is 6.41. The zero-order valence-corrected chi connectivity index (χ0v) is 19.6. The number of benzene rings is 1. The van der Waals surface area contributed by atoms with Crippen LogP contribution in [0.1, 0.15) is 41.4 Å². The first kappa shape index (κ1) is 23.5. The van der Waals surface area contributed by atoms with E-state index in [0.717, 1.165) is 36.2 Å². The van der Waals surface area contributed by atoms with Crippen molar-refractivity contribution < 1.29 is 18.8 Å². The number of halogens is 1. The molecule has 0 fully saturated rings. The van der Waals surface area contributed by atoms with Gasteiger partial charge in [-0.15, -0.1) is 0 Å². The molecule has 7 nitrogen and oxygen atoms in total. The summed E-state index contributed by atoms with van der Waals surface area (Å²) in [5.74, 6) is -0.873. The molecule has 2 atom stereocenters. The molecular formula is C26H29FN4O3. The van der Waals surface area contributed by atoms with Gasteiger partial charge in [-0.05, 0) is 80.5 Å². The fraction of sp³-hybridized carbons (Fsp3) is 0.346. The molecule has 8 heteroatoms. The summed E-state index contributed by atoms with van der Waals surface area (Å²) in [5.41, 5.74) is 5.86. The van der Waals surface area contributed by atoms with Gasteiger partial charge in [0.15, 0.2) is 0 Å². The normalized spacial score (nSPS) is 18.6. The molecule has 1 aliphatic heterocycles. The standard InChI is InChI=1S/C26H29FN4O3/c1-5-24(32)31(4)15(3)25(33)28-13-16-6-8-18-14(2)22(29-23(18)10-16)12-20-19-11-17(27)7-9-21(19)30-26(20)34/h5,7,9,11-12,15-16,29H,1,6,8,10,13H2,2-4H3,(H,28,33)(H,30,34)/b20-12-. The maximum absolute atomic E-state index is 13.8. The molecule has 3 N–H and O–H groups in total. The average Bonchev–Trinajstić information content (AvgIpc) is 3.31. The summed E-state index contributed by atoms with van der Waals surface area (Å²) in [5, 5.41) is 5.74. The van der Waals surface area contributed by atoms with Crippen LogP contribution in [0.3, 0.4) is 0 Å². The number of nitrogens with one attached hydrogen (secondary N) is 3. The molecule has 1 aromatic carbocycles. The van der Waals surface area contributed by atoms with E-state index in [2.05, 4.69) is 22.2 Å². The number of carbonyl (C=O) groups is 3. The SMILES string of the molecule is C=CC(=O)N(C)C(C)C(=O)NCC1CCc2c([nH]c(/C=C3\C(=O)Nc4ccc(F)cc43)c2C)C1. The predicted octanol–water partition coefficient (Wildman–Crippen LogP) is 3.21. The molecule has 2 unspecified atom stereocenters. The highest BCUT2D eigenvalue weighted by molar-refractivity contribution is 6.34. The van der Waals surface area contributed by atoms with Gasteiger partial charge in [0.25, 0.3) is 5.91 Å². The molecule has 2 aromatic rings. The first-order chi connectivity index (χ1) is 16.2. The van der Waals surface area contributed by atoms with Gasteiger partial charge in [-0.1, -0.05) is 6.58 Å². The Balaban J connectivity index is 1.46. The molecule has 1 aliphatic carbocycles. The summed E-state index contributed by atoms with van der Waals surface area (Å²) in [6, 6.07) is 3.69. The molecule has 34 heavy (non-hydrogen) atoms. The topological polar surface area (TPSA) is 94.3 Å². The van der Waals surface area contributed by atoms with E-state index >= 15 is 0 Å². The van der Waals surface area contributed by atoms with Gasteiger partial charge in [0.2, 0.25) is 11.8 Å². The van der Waals surface area contributed by atoms with Crippen molar-refractivity contribution in [3.63, 3.8) is 0 Å². The second-order valence-corrected chi connectivity index (χ2v) is 9.01. The maximum atomic E-state index is 13.8. The number of aromatic amines is 1. The number of likely N-dealkylation sites (N-methyl/N-ethyl adjacent to an activating group) is 1. The quantitative estimate of drug-likeness (QED) is 0.573. The molecule has 0 bridgehead atoms. The number of hydrogen-bond acceptors (Lipinski definition) is 3. The third-order valence-electron chi connectivity index (χ3n) is 6.90. The zero-order chi connectivity index (χ0) is 24.6. The molecule has 0 radical (unpaired) electrons. The summed E-state index contributed by atoms with van der Waals surface area (Å²) in [6.45, 7) is 7.68. The smallest absolute Gasteiger partial charge is 0.256 e. The summed E-state index contributed by atoms with van der Waals surface area (Å²) in [6.07, 6.45) is 5.54. The minimum Gasteiger partial charge on any atom is -0.358 e.